The number of ether oxygens (including phenoxy) is 1. The number of carbonyl (C=O) groups excluding carboxylic acids is 2. The number of rotatable bonds is 6. The lowest BCUT2D eigenvalue weighted by molar-refractivity contribution is -0.132. The van der Waals surface area contributed by atoms with Gasteiger partial charge in [-0.2, -0.15) is 0 Å². The van der Waals surface area contributed by atoms with Crippen LogP contribution in [0.25, 0.3) is 10.2 Å². The molecule has 2 atom stereocenters. The van der Waals surface area contributed by atoms with E-state index in [-0.39, 0.29) is 24.6 Å². The van der Waals surface area contributed by atoms with Gasteiger partial charge in [0.15, 0.2) is 0 Å². The van der Waals surface area contributed by atoms with Crippen LogP contribution in [0.3, 0.4) is 0 Å². The Kier molecular flexibility index (Phi) is 5.35. The highest BCUT2D eigenvalue weighted by molar-refractivity contribution is 7.18. The summed E-state index contributed by atoms with van der Waals surface area (Å²) in [6.45, 7) is 5.35. The van der Waals surface area contributed by atoms with Crippen LogP contribution in [-0.4, -0.2) is 46.5 Å². The van der Waals surface area contributed by atoms with Crippen molar-refractivity contribution < 1.29 is 14.3 Å². The minimum absolute atomic E-state index is 0.116. The molecule has 2 aliphatic heterocycles. The summed E-state index contributed by atoms with van der Waals surface area (Å²) in [5.74, 6) is 0.505. The highest BCUT2D eigenvalue weighted by Crippen LogP contribution is 2.37. The number of nitrogens with zero attached hydrogens (tertiary/aromatic N) is 3. The van der Waals surface area contributed by atoms with Crippen LogP contribution in [0.15, 0.2) is 48.5 Å². The van der Waals surface area contributed by atoms with Crippen LogP contribution in [0, 0.1) is 0 Å². The summed E-state index contributed by atoms with van der Waals surface area (Å²) in [7, 11) is 0. The predicted molar refractivity (Wildman–Crippen MR) is 124 cm³/mol. The van der Waals surface area contributed by atoms with E-state index < -0.39 is 5.54 Å². The Hall–Kier alpha value is -2.97. The molecule has 2 aliphatic rings. The first-order chi connectivity index (χ1) is 15.5. The Morgan fingerprint density at radius 3 is 2.72 bits per heavy atom. The summed E-state index contributed by atoms with van der Waals surface area (Å²) in [4.78, 5) is 34.6. The summed E-state index contributed by atoms with van der Waals surface area (Å²) in [5, 5.41) is 3.95. The van der Waals surface area contributed by atoms with Crippen molar-refractivity contribution >= 4 is 33.5 Å². The van der Waals surface area contributed by atoms with Gasteiger partial charge >= 0.3 is 6.03 Å². The van der Waals surface area contributed by atoms with Crippen LogP contribution in [-0.2, 0) is 10.3 Å². The Morgan fingerprint density at radius 2 is 1.97 bits per heavy atom. The van der Waals surface area contributed by atoms with Gasteiger partial charge in [-0.15, -0.1) is 11.3 Å². The quantitative estimate of drug-likeness (QED) is 0.568. The van der Waals surface area contributed by atoms with Gasteiger partial charge in [0, 0.05) is 6.54 Å². The Bertz CT molecular complexity index is 1130. The molecule has 8 heteroatoms. The van der Waals surface area contributed by atoms with E-state index in [0.29, 0.717) is 6.61 Å². The molecule has 2 aromatic carbocycles. The monoisotopic (exact) mass is 450 g/mol. The first-order valence-electron chi connectivity index (χ1n) is 11.0. The average molecular weight is 451 g/mol. The van der Waals surface area contributed by atoms with Crippen LogP contribution in [0.4, 0.5) is 4.79 Å². The molecular weight excluding hydrogens is 424 g/mol. The summed E-state index contributed by atoms with van der Waals surface area (Å²) in [5.41, 5.74) is 0.649. The maximum Gasteiger partial charge on any atom is 0.326 e. The number of carbonyl (C=O) groups is 2. The Morgan fingerprint density at radius 1 is 1.19 bits per heavy atom. The van der Waals surface area contributed by atoms with Gasteiger partial charge in [0.05, 0.1) is 29.5 Å². The number of amides is 3. The van der Waals surface area contributed by atoms with Crippen molar-refractivity contribution in [2.24, 2.45) is 0 Å². The van der Waals surface area contributed by atoms with Crippen molar-refractivity contribution in [1.82, 2.24) is 20.1 Å². The van der Waals surface area contributed by atoms with Crippen LogP contribution >= 0.6 is 11.3 Å². The maximum absolute atomic E-state index is 13.4. The number of hydrogen-bond donors (Lipinski definition) is 1. The van der Waals surface area contributed by atoms with Crippen molar-refractivity contribution in [1.29, 1.82) is 0 Å². The summed E-state index contributed by atoms with van der Waals surface area (Å²) >= 11 is 1.69. The third kappa shape index (κ3) is 3.53. The predicted octanol–water partition coefficient (Wildman–Crippen LogP) is 4.26. The third-order valence-corrected chi connectivity index (χ3v) is 7.44. The molecule has 0 radical (unpaired) electrons. The topological polar surface area (TPSA) is 74.8 Å². The number of thiazole rings is 1. The maximum atomic E-state index is 13.4. The van der Waals surface area contributed by atoms with Crippen LogP contribution < -0.4 is 10.1 Å². The molecule has 166 valence electrons. The van der Waals surface area contributed by atoms with E-state index in [2.05, 4.69) is 16.3 Å². The zero-order valence-electron chi connectivity index (χ0n) is 18.2. The minimum Gasteiger partial charge on any atom is -0.494 e. The van der Waals surface area contributed by atoms with Crippen molar-refractivity contribution in [3.8, 4) is 5.75 Å². The number of nitrogens with one attached hydrogen (secondary N) is 1. The number of likely N-dealkylation sites (tertiary alicyclic amines) is 1. The first kappa shape index (κ1) is 20.9. The molecule has 0 unspecified atom stereocenters. The van der Waals surface area contributed by atoms with Gasteiger partial charge in [-0.25, -0.2) is 14.7 Å². The highest BCUT2D eigenvalue weighted by Gasteiger charge is 2.50. The number of urea groups is 1. The van der Waals surface area contributed by atoms with Crippen LogP contribution in [0.1, 0.15) is 43.3 Å². The number of fused-ring (bicyclic) bond motifs is 1. The van der Waals surface area contributed by atoms with E-state index in [1.54, 1.807) is 18.3 Å². The molecular formula is C24H26N4O3S. The average Bonchev–Trinajstić information content (AvgIpc) is 3.48. The Balaban J connectivity index is 1.35. The van der Waals surface area contributed by atoms with Crippen LogP contribution in [0.2, 0.25) is 0 Å². The standard InChI is InChI=1S/C24H26N4O3S/c1-3-31-17-12-10-16(11-13-17)24(2)22(29)28(23(30)26-24)15-27-14-6-8-19(27)21-25-18-7-4-5-9-20(18)32-21/h4-5,7,9-13,19H,3,6,8,14-15H2,1-2H3,(H,26,30)/t19-,24+/m0/s1. The summed E-state index contributed by atoms with van der Waals surface area (Å²) in [6, 6.07) is 15.2. The fraction of sp³-hybridized carbons (Fsp3) is 0.375. The number of benzene rings is 2. The molecule has 3 aromatic rings. The molecule has 7 nitrogen and oxygen atoms in total. The fourth-order valence-corrected chi connectivity index (χ4v) is 5.70. The molecule has 2 saturated heterocycles. The molecule has 0 saturated carbocycles. The van der Waals surface area contributed by atoms with Crippen molar-refractivity contribution in [3.05, 3.63) is 59.1 Å². The van der Waals surface area contributed by atoms with Crippen molar-refractivity contribution in [2.45, 2.75) is 38.3 Å². The lowest BCUT2D eigenvalue weighted by atomic mass is 9.92. The molecule has 32 heavy (non-hydrogen) atoms. The zero-order chi connectivity index (χ0) is 22.3. The number of hydrogen-bond acceptors (Lipinski definition) is 6. The van der Waals surface area contributed by atoms with Gasteiger partial charge in [0.25, 0.3) is 5.91 Å². The third-order valence-electron chi connectivity index (χ3n) is 6.30. The molecule has 0 bridgehead atoms. The molecule has 1 aromatic heterocycles. The van der Waals surface area contributed by atoms with E-state index in [1.807, 2.05) is 49.4 Å². The molecule has 3 amide bonds. The Labute approximate surface area is 191 Å². The van der Waals surface area contributed by atoms with E-state index in [0.717, 1.165) is 45.9 Å². The number of para-hydroxylation sites is 1. The second kappa shape index (κ2) is 8.18. The van der Waals surface area contributed by atoms with E-state index in [4.69, 9.17) is 9.72 Å². The largest absolute Gasteiger partial charge is 0.494 e. The SMILES string of the molecule is CCOc1ccc([C@@]2(C)NC(=O)N(CN3CCC[C@H]3c3nc4ccccc4s3)C2=O)cc1. The van der Waals surface area contributed by atoms with Gasteiger partial charge in [0.2, 0.25) is 0 Å². The number of imide groups is 1. The smallest absolute Gasteiger partial charge is 0.326 e. The number of aromatic nitrogens is 1. The van der Waals surface area contributed by atoms with Crippen LogP contribution in [0.5, 0.6) is 5.75 Å². The zero-order valence-corrected chi connectivity index (χ0v) is 19.0. The highest BCUT2D eigenvalue weighted by atomic mass is 32.1. The van der Waals surface area contributed by atoms with Gasteiger partial charge in [0.1, 0.15) is 16.3 Å². The fourth-order valence-electron chi connectivity index (χ4n) is 4.56. The van der Waals surface area contributed by atoms with Crippen molar-refractivity contribution in [3.63, 3.8) is 0 Å². The van der Waals surface area contributed by atoms with Gasteiger partial charge in [-0.1, -0.05) is 24.3 Å². The second-order valence-electron chi connectivity index (χ2n) is 8.38. The van der Waals surface area contributed by atoms with E-state index in [9.17, 15) is 9.59 Å². The minimum atomic E-state index is -1.09. The van der Waals surface area contributed by atoms with Gasteiger partial charge in [-0.05, 0) is 56.5 Å². The molecule has 2 fully saturated rings. The summed E-state index contributed by atoms with van der Waals surface area (Å²) < 4.78 is 6.66. The van der Waals surface area contributed by atoms with E-state index in [1.165, 1.54) is 4.90 Å². The first-order valence-corrected chi connectivity index (χ1v) is 11.8. The normalized spacial score (nSPS) is 23.8. The van der Waals surface area contributed by atoms with E-state index >= 15 is 0 Å². The molecule has 0 aliphatic carbocycles. The summed E-state index contributed by atoms with van der Waals surface area (Å²) in [6.07, 6.45) is 1.99. The molecule has 5 rings (SSSR count). The van der Waals surface area contributed by atoms with Crippen molar-refractivity contribution in [2.75, 3.05) is 19.8 Å². The van der Waals surface area contributed by atoms with Gasteiger partial charge < -0.3 is 10.1 Å². The lowest BCUT2D eigenvalue weighted by Gasteiger charge is -2.27. The molecule has 3 heterocycles. The molecule has 1 N–H and O–H groups in total. The lowest BCUT2D eigenvalue weighted by Crippen LogP contribution is -2.43. The molecule has 0 spiro atoms. The second-order valence-corrected chi connectivity index (χ2v) is 9.44. The van der Waals surface area contributed by atoms with Gasteiger partial charge in [-0.3, -0.25) is 9.69 Å².